The first kappa shape index (κ1) is 11.9. The SMILES string of the molecule is Oc1cccc(SCc2nccn2C(F)F)c1. The lowest BCUT2D eigenvalue weighted by molar-refractivity contribution is 0.0678. The lowest BCUT2D eigenvalue weighted by Crippen LogP contribution is -2.01. The molecule has 2 aromatic rings. The number of hydrogen-bond donors (Lipinski definition) is 1. The average Bonchev–Trinajstić information content (AvgIpc) is 2.74. The molecule has 3 nitrogen and oxygen atoms in total. The van der Waals surface area contributed by atoms with E-state index in [0.29, 0.717) is 11.6 Å². The van der Waals surface area contributed by atoms with Gasteiger partial charge < -0.3 is 5.11 Å². The van der Waals surface area contributed by atoms with Gasteiger partial charge in [-0.05, 0) is 18.2 Å². The molecule has 0 saturated carbocycles. The van der Waals surface area contributed by atoms with E-state index < -0.39 is 6.55 Å². The number of phenols is 1. The number of thioether (sulfide) groups is 1. The summed E-state index contributed by atoms with van der Waals surface area (Å²) in [5, 5.41) is 9.26. The van der Waals surface area contributed by atoms with Gasteiger partial charge in [0.05, 0.1) is 5.75 Å². The third-order valence-electron chi connectivity index (χ3n) is 2.14. The summed E-state index contributed by atoms with van der Waals surface area (Å²) in [5.41, 5.74) is 0. The molecule has 0 bridgehead atoms. The van der Waals surface area contributed by atoms with Crippen LogP contribution in [-0.2, 0) is 5.75 Å². The predicted molar refractivity (Wildman–Crippen MR) is 61.1 cm³/mol. The minimum absolute atomic E-state index is 0.159. The standard InChI is InChI=1S/C11H10F2N2OS/c12-11(13)15-5-4-14-10(15)7-17-9-3-1-2-8(16)6-9/h1-6,11,16H,7H2. The Balaban J connectivity index is 2.05. The second-order valence-electron chi connectivity index (χ2n) is 3.31. The molecule has 0 unspecified atom stereocenters. The van der Waals surface area contributed by atoms with E-state index in [2.05, 4.69) is 4.98 Å². The van der Waals surface area contributed by atoms with Crippen molar-refractivity contribution in [1.29, 1.82) is 0 Å². The second-order valence-corrected chi connectivity index (χ2v) is 4.36. The molecule has 0 fully saturated rings. The maximum atomic E-state index is 12.5. The summed E-state index contributed by atoms with van der Waals surface area (Å²) >= 11 is 1.35. The van der Waals surface area contributed by atoms with Crippen molar-refractivity contribution in [2.24, 2.45) is 0 Å². The van der Waals surface area contributed by atoms with Gasteiger partial charge in [-0.25, -0.2) is 4.98 Å². The van der Waals surface area contributed by atoms with Gasteiger partial charge >= 0.3 is 6.55 Å². The monoisotopic (exact) mass is 256 g/mol. The van der Waals surface area contributed by atoms with Crippen molar-refractivity contribution in [3.63, 3.8) is 0 Å². The Morgan fingerprint density at radius 2 is 2.24 bits per heavy atom. The lowest BCUT2D eigenvalue weighted by Gasteiger charge is -2.06. The van der Waals surface area contributed by atoms with Crippen LogP contribution in [0.5, 0.6) is 5.75 Å². The number of alkyl halides is 2. The van der Waals surface area contributed by atoms with E-state index in [1.54, 1.807) is 24.3 Å². The Morgan fingerprint density at radius 1 is 1.41 bits per heavy atom. The molecule has 17 heavy (non-hydrogen) atoms. The summed E-state index contributed by atoms with van der Waals surface area (Å²) in [4.78, 5) is 4.69. The number of halogens is 2. The second kappa shape index (κ2) is 5.18. The van der Waals surface area contributed by atoms with Crippen LogP contribution in [-0.4, -0.2) is 14.7 Å². The molecule has 0 aliphatic heterocycles. The molecule has 90 valence electrons. The van der Waals surface area contributed by atoms with Gasteiger partial charge in [0.15, 0.2) is 0 Å². The highest BCUT2D eigenvalue weighted by molar-refractivity contribution is 7.98. The summed E-state index contributed by atoms with van der Waals surface area (Å²) in [7, 11) is 0. The highest BCUT2D eigenvalue weighted by Crippen LogP contribution is 2.26. The van der Waals surface area contributed by atoms with Gasteiger partial charge in [0.1, 0.15) is 11.6 Å². The van der Waals surface area contributed by atoms with Gasteiger partial charge in [-0.3, -0.25) is 4.57 Å². The summed E-state index contributed by atoms with van der Waals surface area (Å²) < 4.78 is 25.9. The number of aromatic hydroxyl groups is 1. The van der Waals surface area contributed by atoms with Crippen molar-refractivity contribution in [2.45, 2.75) is 17.2 Å². The van der Waals surface area contributed by atoms with Crippen molar-refractivity contribution >= 4 is 11.8 Å². The Kier molecular flexibility index (Phi) is 3.63. The van der Waals surface area contributed by atoms with Crippen molar-refractivity contribution < 1.29 is 13.9 Å². The number of phenolic OH excluding ortho intramolecular Hbond substituents is 1. The van der Waals surface area contributed by atoms with E-state index in [9.17, 15) is 13.9 Å². The predicted octanol–water partition coefficient (Wildman–Crippen LogP) is 3.28. The molecule has 1 heterocycles. The van der Waals surface area contributed by atoms with Crippen molar-refractivity contribution in [2.75, 3.05) is 0 Å². The molecule has 0 saturated heterocycles. The largest absolute Gasteiger partial charge is 0.508 e. The fraction of sp³-hybridized carbons (Fsp3) is 0.182. The fourth-order valence-corrected chi connectivity index (χ4v) is 2.25. The van der Waals surface area contributed by atoms with Crippen LogP contribution in [0.2, 0.25) is 0 Å². The van der Waals surface area contributed by atoms with Crippen LogP contribution >= 0.6 is 11.8 Å². The van der Waals surface area contributed by atoms with Gasteiger partial charge in [0.25, 0.3) is 0 Å². The molecule has 1 aromatic heterocycles. The van der Waals surface area contributed by atoms with Crippen molar-refractivity contribution in [3.05, 3.63) is 42.5 Å². The van der Waals surface area contributed by atoms with Gasteiger partial charge in [-0.1, -0.05) is 6.07 Å². The first-order chi connectivity index (χ1) is 8.16. The first-order valence-corrected chi connectivity index (χ1v) is 5.87. The van der Waals surface area contributed by atoms with Crippen LogP contribution in [0.1, 0.15) is 12.4 Å². The molecule has 2 rings (SSSR count). The Morgan fingerprint density at radius 3 is 2.94 bits per heavy atom. The zero-order chi connectivity index (χ0) is 12.3. The third kappa shape index (κ3) is 2.97. The van der Waals surface area contributed by atoms with E-state index in [0.717, 1.165) is 9.46 Å². The quantitative estimate of drug-likeness (QED) is 0.853. The molecular weight excluding hydrogens is 246 g/mol. The fourth-order valence-electron chi connectivity index (χ4n) is 1.35. The highest BCUT2D eigenvalue weighted by Gasteiger charge is 2.11. The third-order valence-corrected chi connectivity index (χ3v) is 3.13. The first-order valence-electron chi connectivity index (χ1n) is 4.88. The topological polar surface area (TPSA) is 38.1 Å². The maximum absolute atomic E-state index is 12.5. The minimum Gasteiger partial charge on any atom is -0.508 e. The number of benzene rings is 1. The number of imidazole rings is 1. The number of rotatable bonds is 4. The molecular formula is C11H10F2N2OS. The van der Waals surface area contributed by atoms with E-state index in [1.165, 1.54) is 24.2 Å². The molecule has 0 aliphatic carbocycles. The van der Waals surface area contributed by atoms with E-state index in [-0.39, 0.29) is 5.75 Å². The summed E-state index contributed by atoms with van der Waals surface area (Å²) in [5.74, 6) is 0.807. The molecule has 6 heteroatoms. The maximum Gasteiger partial charge on any atom is 0.319 e. The van der Waals surface area contributed by atoms with E-state index in [1.807, 2.05) is 0 Å². The van der Waals surface area contributed by atoms with Gasteiger partial charge in [0, 0.05) is 17.3 Å². The van der Waals surface area contributed by atoms with Gasteiger partial charge in [-0.2, -0.15) is 8.78 Å². The Hall–Kier alpha value is -1.56. The zero-order valence-corrected chi connectivity index (χ0v) is 9.57. The summed E-state index contributed by atoms with van der Waals surface area (Å²) in [6.45, 7) is -2.57. The normalized spacial score (nSPS) is 11.0. The van der Waals surface area contributed by atoms with Crippen LogP contribution in [0, 0.1) is 0 Å². The molecule has 1 N–H and O–H groups in total. The number of nitrogens with zero attached hydrogens (tertiary/aromatic N) is 2. The molecule has 0 aliphatic rings. The van der Waals surface area contributed by atoms with Crippen LogP contribution in [0.15, 0.2) is 41.6 Å². The van der Waals surface area contributed by atoms with Crippen LogP contribution in [0.3, 0.4) is 0 Å². The smallest absolute Gasteiger partial charge is 0.319 e. The lowest BCUT2D eigenvalue weighted by atomic mass is 10.3. The number of hydrogen-bond acceptors (Lipinski definition) is 3. The van der Waals surface area contributed by atoms with Crippen molar-refractivity contribution in [1.82, 2.24) is 9.55 Å². The molecule has 1 aromatic carbocycles. The molecule has 0 amide bonds. The van der Waals surface area contributed by atoms with Crippen molar-refractivity contribution in [3.8, 4) is 5.75 Å². The van der Waals surface area contributed by atoms with E-state index >= 15 is 0 Å². The highest BCUT2D eigenvalue weighted by atomic mass is 32.2. The number of aromatic nitrogens is 2. The summed E-state index contributed by atoms with van der Waals surface area (Å²) in [6, 6.07) is 6.65. The average molecular weight is 256 g/mol. The Labute approximate surface area is 101 Å². The molecule has 0 spiro atoms. The Bertz CT molecular complexity index is 502. The van der Waals surface area contributed by atoms with Crippen LogP contribution < -0.4 is 0 Å². The molecule has 0 radical (unpaired) electrons. The molecule has 0 atom stereocenters. The zero-order valence-electron chi connectivity index (χ0n) is 8.75. The van der Waals surface area contributed by atoms with E-state index in [4.69, 9.17) is 0 Å². The minimum atomic E-state index is -2.57. The summed E-state index contributed by atoms with van der Waals surface area (Å²) in [6.07, 6.45) is 2.60. The van der Waals surface area contributed by atoms with Gasteiger partial charge in [-0.15, -0.1) is 11.8 Å². The van der Waals surface area contributed by atoms with Crippen LogP contribution in [0.25, 0.3) is 0 Å². The van der Waals surface area contributed by atoms with Crippen LogP contribution in [0.4, 0.5) is 8.78 Å². The van der Waals surface area contributed by atoms with Gasteiger partial charge in [0.2, 0.25) is 0 Å².